The normalized spacial score (nSPS) is 29.7. The number of rotatable bonds is 3. The molecule has 0 amide bonds. The Labute approximate surface area is 134 Å². The van der Waals surface area contributed by atoms with E-state index in [-0.39, 0.29) is 5.54 Å². The minimum atomic E-state index is 0.0953. The van der Waals surface area contributed by atoms with Crippen molar-refractivity contribution in [3.05, 3.63) is 0 Å². The van der Waals surface area contributed by atoms with Gasteiger partial charge in [0.2, 0.25) is 0 Å². The third-order valence-corrected chi connectivity index (χ3v) is 5.63. The Morgan fingerprint density at radius 1 is 1.19 bits per heavy atom. The van der Waals surface area contributed by atoms with Crippen molar-refractivity contribution in [2.45, 2.75) is 39.7 Å². The summed E-state index contributed by atoms with van der Waals surface area (Å²) in [6.07, 6.45) is 1.35. The molecule has 0 saturated carbocycles. The van der Waals surface area contributed by atoms with E-state index in [1.807, 2.05) is 11.8 Å². The number of guanidine groups is 1. The van der Waals surface area contributed by atoms with E-state index >= 15 is 0 Å². The van der Waals surface area contributed by atoms with Crippen molar-refractivity contribution in [2.24, 2.45) is 22.6 Å². The fourth-order valence-electron chi connectivity index (χ4n) is 3.42. The van der Waals surface area contributed by atoms with E-state index in [0.29, 0.717) is 0 Å². The van der Waals surface area contributed by atoms with Crippen LogP contribution in [0.15, 0.2) is 4.99 Å². The summed E-state index contributed by atoms with van der Waals surface area (Å²) in [6.45, 7) is 14.6. The molecule has 2 unspecified atom stereocenters. The maximum atomic E-state index is 6.19. The van der Waals surface area contributed by atoms with Crippen LogP contribution in [0, 0.1) is 11.8 Å². The average Bonchev–Trinajstić information content (AvgIpc) is 2.45. The van der Waals surface area contributed by atoms with Gasteiger partial charge in [0.15, 0.2) is 5.96 Å². The van der Waals surface area contributed by atoms with Crippen molar-refractivity contribution in [2.75, 3.05) is 44.2 Å². The highest BCUT2D eigenvalue weighted by molar-refractivity contribution is 7.99. The highest BCUT2D eigenvalue weighted by atomic mass is 32.2. The Morgan fingerprint density at radius 3 is 2.33 bits per heavy atom. The second kappa shape index (κ2) is 7.23. The number of nitrogens with two attached hydrogens (primary N) is 1. The van der Waals surface area contributed by atoms with Gasteiger partial charge in [0.25, 0.3) is 0 Å². The van der Waals surface area contributed by atoms with Gasteiger partial charge in [-0.2, -0.15) is 11.8 Å². The fraction of sp³-hybridized carbons (Fsp3) is 0.938. The lowest BCUT2D eigenvalue weighted by molar-refractivity contribution is 0.0511. The summed E-state index contributed by atoms with van der Waals surface area (Å²) in [5.74, 6) is 4.64. The third kappa shape index (κ3) is 4.78. The minimum Gasteiger partial charge on any atom is -0.370 e. The van der Waals surface area contributed by atoms with Gasteiger partial charge in [0.05, 0.1) is 6.54 Å². The molecule has 0 radical (unpaired) electrons. The molecule has 0 aromatic carbocycles. The second-order valence-corrected chi connectivity index (χ2v) is 8.66. The van der Waals surface area contributed by atoms with Crippen LogP contribution in [0.25, 0.3) is 0 Å². The quantitative estimate of drug-likeness (QED) is 0.640. The van der Waals surface area contributed by atoms with Crippen LogP contribution in [0.1, 0.15) is 34.1 Å². The average molecular weight is 313 g/mol. The van der Waals surface area contributed by atoms with Crippen molar-refractivity contribution >= 4 is 17.7 Å². The summed E-state index contributed by atoms with van der Waals surface area (Å²) in [5, 5.41) is 0. The van der Waals surface area contributed by atoms with Crippen molar-refractivity contribution in [3.8, 4) is 0 Å². The van der Waals surface area contributed by atoms with Gasteiger partial charge in [0.1, 0.15) is 0 Å². The molecule has 2 saturated heterocycles. The maximum Gasteiger partial charge on any atom is 0.191 e. The molecule has 2 fully saturated rings. The molecule has 0 aromatic heterocycles. The molecule has 0 bridgehead atoms. The summed E-state index contributed by atoms with van der Waals surface area (Å²) in [5.41, 5.74) is 6.28. The van der Waals surface area contributed by atoms with E-state index in [0.717, 1.165) is 37.4 Å². The smallest absolute Gasteiger partial charge is 0.191 e. The Hall–Kier alpha value is -0.420. The number of aliphatic imine (C=N–C) groups is 1. The molecule has 2 heterocycles. The number of nitrogens with zero attached hydrogens (tertiary/aromatic N) is 3. The number of likely N-dealkylation sites (tertiary alicyclic amines) is 1. The van der Waals surface area contributed by atoms with Crippen LogP contribution in [-0.4, -0.2) is 65.5 Å². The van der Waals surface area contributed by atoms with E-state index in [1.165, 1.54) is 31.0 Å². The molecule has 2 N–H and O–H groups in total. The van der Waals surface area contributed by atoms with Crippen LogP contribution in [-0.2, 0) is 0 Å². The number of hydrogen-bond donors (Lipinski definition) is 1. The second-order valence-electron chi connectivity index (χ2n) is 7.44. The summed E-state index contributed by atoms with van der Waals surface area (Å²) in [7, 11) is 0. The molecule has 2 rings (SSSR count). The molecule has 122 valence electrons. The zero-order valence-electron chi connectivity index (χ0n) is 14.1. The Balaban J connectivity index is 1.93. The van der Waals surface area contributed by atoms with E-state index in [9.17, 15) is 0 Å². The predicted molar refractivity (Wildman–Crippen MR) is 94.0 cm³/mol. The van der Waals surface area contributed by atoms with Gasteiger partial charge in [0, 0.05) is 43.2 Å². The van der Waals surface area contributed by atoms with Crippen molar-refractivity contribution < 1.29 is 0 Å². The number of thioether (sulfide) groups is 1. The lowest BCUT2D eigenvalue weighted by Crippen LogP contribution is -2.53. The van der Waals surface area contributed by atoms with Crippen LogP contribution < -0.4 is 5.73 Å². The summed E-state index contributed by atoms with van der Waals surface area (Å²) >= 11 is 2.00. The number of hydrogen-bond acceptors (Lipinski definition) is 3. The third-order valence-electron chi connectivity index (χ3n) is 4.69. The van der Waals surface area contributed by atoms with Gasteiger partial charge < -0.3 is 10.6 Å². The first-order valence-corrected chi connectivity index (χ1v) is 9.41. The highest BCUT2D eigenvalue weighted by Crippen LogP contribution is 2.27. The van der Waals surface area contributed by atoms with Crippen molar-refractivity contribution in [1.29, 1.82) is 0 Å². The molecular weight excluding hydrogens is 280 g/mol. The predicted octanol–water partition coefficient (Wildman–Crippen LogP) is 2.11. The summed E-state index contributed by atoms with van der Waals surface area (Å²) in [4.78, 5) is 9.55. The van der Waals surface area contributed by atoms with Gasteiger partial charge in [-0.1, -0.05) is 13.8 Å². The van der Waals surface area contributed by atoms with Gasteiger partial charge in [-0.15, -0.1) is 0 Å². The molecule has 0 aliphatic carbocycles. The Morgan fingerprint density at radius 2 is 1.76 bits per heavy atom. The van der Waals surface area contributed by atoms with Crippen molar-refractivity contribution in [1.82, 2.24) is 9.80 Å². The lowest BCUT2D eigenvalue weighted by Gasteiger charge is -2.44. The van der Waals surface area contributed by atoms with E-state index in [2.05, 4.69) is 37.5 Å². The molecule has 2 aliphatic rings. The molecule has 5 heteroatoms. The first-order valence-electron chi connectivity index (χ1n) is 8.26. The monoisotopic (exact) mass is 312 g/mol. The minimum absolute atomic E-state index is 0.0953. The molecular formula is C16H32N4S. The lowest BCUT2D eigenvalue weighted by atomic mass is 9.88. The first-order chi connectivity index (χ1) is 9.88. The topological polar surface area (TPSA) is 44.9 Å². The van der Waals surface area contributed by atoms with E-state index < -0.39 is 0 Å². The van der Waals surface area contributed by atoms with Gasteiger partial charge in [-0.25, -0.2) is 0 Å². The fourth-order valence-corrected chi connectivity index (χ4v) is 4.33. The SMILES string of the molecule is CC1CC(C)CN(C(C)(C)CN=C(N)N2CCSCC2)C1. The largest absolute Gasteiger partial charge is 0.370 e. The van der Waals surface area contributed by atoms with Crippen molar-refractivity contribution in [3.63, 3.8) is 0 Å². The van der Waals surface area contributed by atoms with E-state index in [1.54, 1.807) is 0 Å². The molecule has 21 heavy (non-hydrogen) atoms. The van der Waals surface area contributed by atoms with Crippen LogP contribution in [0.4, 0.5) is 0 Å². The Bertz CT molecular complexity index is 353. The van der Waals surface area contributed by atoms with Gasteiger partial charge in [-0.05, 0) is 32.1 Å². The zero-order chi connectivity index (χ0) is 15.5. The first kappa shape index (κ1) is 16.9. The molecule has 0 aromatic rings. The standard InChI is InChI=1S/C16H32N4S/c1-13-9-14(2)11-20(10-13)16(3,4)12-18-15(17)19-5-7-21-8-6-19/h13-14H,5-12H2,1-4H3,(H2,17,18). The molecule has 2 atom stereocenters. The van der Waals surface area contributed by atoms with E-state index in [4.69, 9.17) is 10.7 Å². The Kier molecular flexibility index (Phi) is 5.83. The maximum absolute atomic E-state index is 6.19. The molecule has 4 nitrogen and oxygen atoms in total. The zero-order valence-corrected chi connectivity index (χ0v) is 15.0. The highest BCUT2D eigenvalue weighted by Gasteiger charge is 2.32. The van der Waals surface area contributed by atoms with Crippen LogP contribution in [0.3, 0.4) is 0 Å². The number of piperidine rings is 1. The van der Waals surface area contributed by atoms with Gasteiger partial charge in [-0.3, -0.25) is 9.89 Å². The summed E-state index contributed by atoms with van der Waals surface area (Å²) in [6, 6.07) is 0. The van der Waals surface area contributed by atoms with Gasteiger partial charge >= 0.3 is 0 Å². The van der Waals surface area contributed by atoms with Crippen LogP contribution >= 0.6 is 11.8 Å². The van der Waals surface area contributed by atoms with Crippen LogP contribution in [0.2, 0.25) is 0 Å². The summed E-state index contributed by atoms with van der Waals surface area (Å²) < 4.78 is 0. The molecule has 2 aliphatic heterocycles. The molecule has 0 spiro atoms. The van der Waals surface area contributed by atoms with Crippen LogP contribution in [0.5, 0.6) is 0 Å².